The Kier molecular flexibility index (Phi) is 6.40. The van der Waals surface area contributed by atoms with E-state index in [2.05, 4.69) is 30.6 Å². The summed E-state index contributed by atoms with van der Waals surface area (Å²) in [6.07, 6.45) is 7.73. The number of nitrogens with zero attached hydrogens (tertiary/aromatic N) is 1. The van der Waals surface area contributed by atoms with Crippen molar-refractivity contribution in [2.45, 2.75) is 64.3 Å². The molecule has 2 aliphatic rings. The summed E-state index contributed by atoms with van der Waals surface area (Å²) < 4.78 is 0. The largest absolute Gasteiger partial charge is 0.354 e. The average molecular weight is 398 g/mol. The van der Waals surface area contributed by atoms with Gasteiger partial charge in [0.2, 0.25) is 5.91 Å². The predicted molar refractivity (Wildman–Crippen MR) is 112 cm³/mol. The topological polar surface area (TPSA) is 78.5 Å². The number of benzene rings is 1. The van der Waals surface area contributed by atoms with Crippen LogP contribution in [-0.2, 0) is 15.1 Å². The lowest BCUT2D eigenvalue weighted by Crippen LogP contribution is -2.43. The molecule has 0 aromatic heterocycles. The predicted octanol–water partition coefficient (Wildman–Crippen LogP) is 3.58. The van der Waals surface area contributed by atoms with Crippen molar-refractivity contribution < 1.29 is 14.4 Å². The molecule has 1 heterocycles. The Labute approximate surface area is 172 Å². The van der Waals surface area contributed by atoms with E-state index in [1.54, 1.807) is 6.92 Å². The summed E-state index contributed by atoms with van der Waals surface area (Å²) in [5.41, 5.74) is 2.11. The zero-order valence-corrected chi connectivity index (χ0v) is 17.6. The molecule has 0 unspecified atom stereocenters. The molecule has 3 rings (SSSR count). The molecule has 1 aliphatic heterocycles. The zero-order chi connectivity index (χ0) is 21.0. The highest BCUT2D eigenvalue weighted by Crippen LogP contribution is 2.29. The van der Waals surface area contributed by atoms with E-state index in [9.17, 15) is 14.4 Å². The van der Waals surface area contributed by atoms with Crippen molar-refractivity contribution in [3.8, 4) is 0 Å². The summed E-state index contributed by atoms with van der Waals surface area (Å²) in [4.78, 5) is 38.7. The van der Waals surface area contributed by atoms with Crippen LogP contribution in [0.25, 0.3) is 0 Å². The van der Waals surface area contributed by atoms with Crippen LogP contribution in [0.1, 0.15) is 69.9 Å². The van der Waals surface area contributed by atoms with E-state index in [-0.39, 0.29) is 12.5 Å². The second-order valence-electron chi connectivity index (χ2n) is 8.43. The van der Waals surface area contributed by atoms with Gasteiger partial charge in [0.1, 0.15) is 12.1 Å². The maximum Gasteiger partial charge on any atom is 0.325 e. The second kappa shape index (κ2) is 8.80. The van der Waals surface area contributed by atoms with Crippen LogP contribution < -0.4 is 10.6 Å². The highest BCUT2D eigenvalue weighted by atomic mass is 16.2. The molecular formula is C23H31N3O3. The van der Waals surface area contributed by atoms with Crippen LogP contribution >= 0.6 is 0 Å². The number of rotatable bonds is 7. The van der Waals surface area contributed by atoms with Gasteiger partial charge in [0.15, 0.2) is 0 Å². The van der Waals surface area contributed by atoms with Crippen LogP contribution in [0.2, 0.25) is 0 Å². The molecule has 6 heteroatoms. The minimum Gasteiger partial charge on any atom is -0.354 e. The highest BCUT2D eigenvalue weighted by molar-refractivity contribution is 6.09. The number of hydrogen-bond acceptors (Lipinski definition) is 3. The molecule has 1 fully saturated rings. The van der Waals surface area contributed by atoms with Crippen LogP contribution in [0.15, 0.2) is 35.9 Å². The van der Waals surface area contributed by atoms with Gasteiger partial charge in [0, 0.05) is 6.54 Å². The van der Waals surface area contributed by atoms with E-state index < -0.39 is 17.5 Å². The summed E-state index contributed by atoms with van der Waals surface area (Å²) in [6, 6.07) is 7.15. The quantitative estimate of drug-likeness (QED) is 0.545. The molecule has 1 aromatic carbocycles. The lowest BCUT2D eigenvalue weighted by Gasteiger charge is -2.22. The number of carbonyl (C=O) groups is 3. The molecule has 29 heavy (non-hydrogen) atoms. The first-order valence-corrected chi connectivity index (χ1v) is 10.5. The van der Waals surface area contributed by atoms with Gasteiger partial charge in [-0.25, -0.2) is 4.79 Å². The normalized spacial score (nSPS) is 21.9. The minimum atomic E-state index is -1.15. The lowest BCUT2D eigenvalue weighted by atomic mass is 9.90. The Morgan fingerprint density at radius 3 is 2.55 bits per heavy atom. The van der Waals surface area contributed by atoms with Crippen LogP contribution in [0.4, 0.5) is 4.79 Å². The first-order valence-electron chi connectivity index (χ1n) is 10.5. The van der Waals surface area contributed by atoms with E-state index in [1.165, 1.54) is 24.0 Å². The molecule has 2 N–H and O–H groups in total. The molecule has 1 aliphatic carbocycles. The smallest absolute Gasteiger partial charge is 0.325 e. The van der Waals surface area contributed by atoms with Crippen molar-refractivity contribution >= 4 is 17.8 Å². The Bertz CT molecular complexity index is 813. The molecular weight excluding hydrogens is 366 g/mol. The third-order valence-electron chi connectivity index (χ3n) is 5.88. The maximum absolute atomic E-state index is 13.0. The van der Waals surface area contributed by atoms with Crippen molar-refractivity contribution in [3.05, 3.63) is 47.0 Å². The van der Waals surface area contributed by atoms with E-state index >= 15 is 0 Å². The van der Waals surface area contributed by atoms with Crippen LogP contribution in [-0.4, -0.2) is 35.8 Å². The maximum atomic E-state index is 13.0. The van der Waals surface area contributed by atoms with Crippen molar-refractivity contribution in [2.75, 3.05) is 13.1 Å². The summed E-state index contributed by atoms with van der Waals surface area (Å²) in [5.74, 6) is -0.329. The first kappa shape index (κ1) is 21.1. The van der Waals surface area contributed by atoms with Crippen molar-refractivity contribution in [2.24, 2.45) is 0 Å². The van der Waals surface area contributed by atoms with Gasteiger partial charge in [-0.05, 0) is 56.1 Å². The van der Waals surface area contributed by atoms with Gasteiger partial charge in [-0.2, -0.15) is 0 Å². The minimum absolute atomic E-state index is 0.261. The SMILES string of the molecule is CC(C)c1ccc([C@@]2(C)NC(=O)N(CC(=O)NCCC3=CCCCC3)C2=O)cc1. The van der Waals surface area contributed by atoms with Crippen molar-refractivity contribution in [3.63, 3.8) is 0 Å². The van der Waals surface area contributed by atoms with Gasteiger partial charge in [-0.15, -0.1) is 0 Å². The first-order chi connectivity index (χ1) is 13.8. The van der Waals surface area contributed by atoms with Crippen molar-refractivity contribution in [1.29, 1.82) is 0 Å². The van der Waals surface area contributed by atoms with Gasteiger partial charge < -0.3 is 10.6 Å². The fraction of sp³-hybridized carbons (Fsp3) is 0.522. The molecule has 0 radical (unpaired) electrons. The molecule has 0 bridgehead atoms. The molecule has 1 atom stereocenters. The number of imide groups is 1. The molecule has 0 spiro atoms. The second-order valence-corrected chi connectivity index (χ2v) is 8.43. The van der Waals surface area contributed by atoms with Gasteiger partial charge >= 0.3 is 6.03 Å². The number of urea groups is 1. The van der Waals surface area contributed by atoms with Gasteiger partial charge in [0.05, 0.1) is 0 Å². The molecule has 1 aromatic rings. The van der Waals surface area contributed by atoms with Gasteiger partial charge in [0.25, 0.3) is 5.91 Å². The number of hydrogen-bond donors (Lipinski definition) is 2. The molecule has 6 nitrogen and oxygen atoms in total. The van der Waals surface area contributed by atoms with Gasteiger partial charge in [-0.1, -0.05) is 49.8 Å². The standard InChI is InChI=1S/C23H31N3O3/c1-16(2)18-9-11-19(12-10-18)23(3)21(28)26(22(29)25-23)15-20(27)24-14-13-17-7-5-4-6-8-17/h7,9-12,16H,4-6,8,13-15H2,1-3H3,(H,24,27)(H,25,29)/t23-/m1/s1. The fourth-order valence-electron chi connectivity index (χ4n) is 3.93. The van der Waals surface area contributed by atoms with E-state index in [0.29, 0.717) is 18.0 Å². The van der Waals surface area contributed by atoms with Crippen LogP contribution in [0.5, 0.6) is 0 Å². The summed E-state index contributed by atoms with van der Waals surface area (Å²) in [7, 11) is 0. The molecule has 156 valence electrons. The van der Waals surface area contributed by atoms with Gasteiger partial charge in [-0.3, -0.25) is 14.5 Å². The molecule has 0 saturated carbocycles. The van der Waals surface area contributed by atoms with Crippen molar-refractivity contribution in [1.82, 2.24) is 15.5 Å². The lowest BCUT2D eigenvalue weighted by molar-refractivity contribution is -0.134. The third kappa shape index (κ3) is 4.69. The summed E-state index contributed by atoms with van der Waals surface area (Å²) in [6.45, 7) is 6.16. The number of carbonyl (C=O) groups excluding carboxylic acids is 3. The monoisotopic (exact) mass is 397 g/mol. The number of allylic oxidation sites excluding steroid dienone is 1. The Morgan fingerprint density at radius 2 is 1.93 bits per heavy atom. The third-order valence-corrected chi connectivity index (χ3v) is 5.88. The summed E-state index contributed by atoms with van der Waals surface area (Å²) >= 11 is 0. The van der Waals surface area contributed by atoms with Crippen LogP contribution in [0, 0.1) is 0 Å². The number of amides is 4. The fourth-order valence-corrected chi connectivity index (χ4v) is 3.93. The van der Waals surface area contributed by atoms with E-state index in [0.717, 1.165) is 24.2 Å². The zero-order valence-electron chi connectivity index (χ0n) is 17.6. The Morgan fingerprint density at radius 1 is 1.21 bits per heavy atom. The Hall–Kier alpha value is -2.63. The molecule has 1 saturated heterocycles. The highest BCUT2D eigenvalue weighted by Gasteiger charge is 2.49. The Balaban J connectivity index is 1.59. The van der Waals surface area contributed by atoms with E-state index in [4.69, 9.17) is 0 Å². The average Bonchev–Trinajstić information content (AvgIpc) is 2.93. The van der Waals surface area contributed by atoms with E-state index in [1.807, 2.05) is 24.3 Å². The molecule has 4 amide bonds. The van der Waals surface area contributed by atoms with Crippen LogP contribution in [0.3, 0.4) is 0 Å². The summed E-state index contributed by atoms with van der Waals surface area (Å²) in [5, 5.41) is 5.59. The number of nitrogens with one attached hydrogen (secondary N) is 2.